The number of anilines is 1. The maximum atomic E-state index is 12.0. The summed E-state index contributed by atoms with van der Waals surface area (Å²) in [5.41, 5.74) is 0.169. The third-order valence-corrected chi connectivity index (χ3v) is 3.02. The van der Waals surface area contributed by atoms with Crippen molar-refractivity contribution in [1.82, 2.24) is 9.55 Å². The van der Waals surface area contributed by atoms with Crippen molar-refractivity contribution >= 4 is 11.9 Å². The van der Waals surface area contributed by atoms with Gasteiger partial charge in [-0.1, -0.05) is 0 Å². The number of carbonyl (C=O) groups is 1. The quantitative estimate of drug-likeness (QED) is 0.813. The lowest BCUT2D eigenvalue weighted by molar-refractivity contribution is -0.137. The number of nitrogens with zero attached hydrogens (tertiary/aromatic N) is 3. The summed E-state index contributed by atoms with van der Waals surface area (Å²) < 4.78 is 6.18. The van der Waals surface area contributed by atoms with Gasteiger partial charge in [-0.3, -0.25) is 14.2 Å². The van der Waals surface area contributed by atoms with Crippen molar-refractivity contribution in [3.05, 3.63) is 22.1 Å². The highest BCUT2D eigenvalue weighted by atomic mass is 16.5. The summed E-state index contributed by atoms with van der Waals surface area (Å²) in [6.07, 6.45) is 2.05. The minimum absolute atomic E-state index is 0.240. The van der Waals surface area contributed by atoms with Crippen LogP contribution >= 0.6 is 0 Å². The van der Waals surface area contributed by atoms with E-state index >= 15 is 0 Å². The molecule has 1 saturated heterocycles. The zero-order valence-corrected chi connectivity index (χ0v) is 10.8. The molecule has 1 aliphatic heterocycles. The molecule has 0 unspecified atom stereocenters. The van der Waals surface area contributed by atoms with Gasteiger partial charge < -0.3 is 14.7 Å². The van der Waals surface area contributed by atoms with Crippen molar-refractivity contribution in [2.24, 2.45) is 0 Å². The molecule has 0 aliphatic carbocycles. The van der Waals surface area contributed by atoms with Crippen LogP contribution in [0.25, 0.3) is 0 Å². The molecule has 1 aliphatic rings. The number of carboxylic acid groups (broad SMARTS) is 1. The third kappa shape index (κ3) is 3.11. The Morgan fingerprint density at radius 1 is 1.47 bits per heavy atom. The molecule has 1 fully saturated rings. The van der Waals surface area contributed by atoms with Crippen LogP contribution in [0.3, 0.4) is 0 Å². The smallest absolute Gasteiger partial charge is 0.323 e. The van der Waals surface area contributed by atoms with E-state index in [0.29, 0.717) is 11.6 Å². The summed E-state index contributed by atoms with van der Waals surface area (Å²) in [7, 11) is 1.53. The molecule has 104 valence electrons. The fraction of sp³-hybridized carbons (Fsp3) is 0.583. The molecule has 1 N–H and O–H groups in total. The minimum Gasteiger partial charge on any atom is -0.480 e. The molecular weight excluding hydrogens is 250 g/mol. The Labute approximate surface area is 110 Å². The fourth-order valence-electron chi connectivity index (χ4n) is 2.20. The van der Waals surface area contributed by atoms with Gasteiger partial charge in [-0.25, -0.2) is 4.98 Å². The van der Waals surface area contributed by atoms with E-state index in [-0.39, 0.29) is 18.7 Å². The van der Waals surface area contributed by atoms with Crippen LogP contribution in [0, 0.1) is 0 Å². The van der Waals surface area contributed by atoms with Crippen molar-refractivity contribution in [1.29, 1.82) is 0 Å². The normalized spacial score (nSPS) is 14.9. The summed E-state index contributed by atoms with van der Waals surface area (Å²) >= 11 is 0. The molecule has 0 radical (unpaired) electrons. The van der Waals surface area contributed by atoms with Crippen LogP contribution in [0.1, 0.15) is 18.5 Å². The van der Waals surface area contributed by atoms with E-state index in [1.807, 2.05) is 4.90 Å². The second-order valence-corrected chi connectivity index (χ2v) is 4.49. The Hall–Kier alpha value is -1.89. The first-order valence-corrected chi connectivity index (χ1v) is 6.18. The number of hydrogen-bond donors (Lipinski definition) is 1. The van der Waals surface area contributed by atoms with Gasteiger partial charge in [0.1, 0.15) is 6.54 Å². The lowest BCUT2D eigenvalue weighted by atomic mass is 10.4. The van der Waals surface area contributed by atoms with Crippen LogP contribution in [0.4, 0.5) is 5.95 Å². The third-order valence-electron chi connectivity index (χ3n) is 3.02. The number of methoxy groups -OCH3 is 1. The number of aromatic nitrogens is 2. The Bertz CT molecular complexity index is 520. The molecule has 0 bridgehead atoms. The Morgan fingerprint density at radius 3 is 2.74 bits per heavy atom. The van der Waals surface area contributed by atoms with Crippen LogP contribution in [0.15, 0.2) is 10.9 Å². The molecule has 7 nitrogen and oxygen atoms in total. The van der Waals surface area contributed by atoms with Crippen molar-refractivity contribution in [2.45, 2.75) is 26.0 Å². The molecule has 0 atom stereocenters. The molecule has 0 saturated carbocycles. The number of rotatable bonds is 5. The second kappa shape index (κ2) is 5.83. The Balaban J connectivity index is 2.44. The van der Waals surface area contributed by atoms with Gasteiger partial charge in [0.05, 0.1) is 12.3 Å². The van der Waals surface area contributed by atoms with E-state index < -0.39 is 5.97 Å². The van der Waals surface area contributed by atoms with Crippen LogP contribution in [-0.4, -0.2) is 40.8 Å². The van der Waals surface area contributed by atoms with Gasteiger partial charge in [0, 0.05) is 26.3 Å². The van der Waals surface area contributed by atoms with Gasteiger partial charge in [0.15, 0.2) is 0 Å². The zero-order chi connectivity index (χ0) is 13.8. The molecule has 2 rings (SSSR count). The zero-order valence-electron chi connectivity index (χ0n) is 10.8. The van der Waals surface area contributed by atoms with E-state index in [9.17, 15) is 9.59 Å². The molecular formula is C12H17N3O4. The topological polar surface area (TPSA) is 84.7 Å². The molecule has 0 aromatic carbocycles. The monoisotopic (exact) mass is 267 g/mol. The number of aliphatic carboxylic acids is 1. The Kier molecular flexibility index (Phi) is 4.16. The minimum atomic E-state index is -1.05. The SMILES string of the molecule is COCc1cc(=O)n(CC(=O)O)c(N2CCCC2)n1. The highest BCUT2D eigenvalue weighted by Gasteiger charge is 2.20. The van der Waals surface area contributed by atoms with Crippen molar-refractivity contribution < 1.29 is 14.6 Å². The summed E-state index contributed by atoms with van der Waals surface area (Å²) in [5, 5.41) is 8.90. The van der Waals surface area contributed by atoms with Crippen LogP contribution in [-0.2, 0) is 22.7 Å². The average molecular weight is 267 g/mol. The van der Waals surface area contributed by atoms with Crippen molar-refractivity contribution in [2.75, 3.05) is 25.1 Å². The first-order chi connectivity index (χ1) is 9.11. The largest absolute Gasteiger partial charge is 0.480 e. The predicted molar refractivity (Wildman–Crippen MR) is 68.3 cm³/mol. The summed E-state index contributed by atoms with van der Waals surface area (Å²) in [6, 6.07) is 1.33. The van der Waals surface area contributed by atoms with E-state index in [1.54, 1.807) is 0 Å². The first kappa shape index (κ1) is 13.5. The molecule has 2 heterocycles. The second-order valence-electron chi connectivity index (χ2n) is 4.49. The van der Waals surface area contributed by atoms with E-state index in [0.717, 1.165) is 25.9 Å². The first-order valence-electron chi connectivity index (χ1n) is 6.18. The number of ether oxygens (including phenoxy) is 1. The predicted octanol–water partition coefficient (Wildman–Crippen LogP) is 0.0745. The van der Waals surface area contributed by atoms with Gasteiger partial charge in [0.2, 0.25) is 5.95 Å². The summed E-state index contributed by atoms with van der Waals surface area (Å²) in [5.74, 6) is -0.622. The molecule has 0 amide bonds. The standard InChI is InChI=1S/C12H17N3O4/c1-19-8-9-6-10(16)15(7-11(17)18)12(13-9)14-4-2-3-5-14/h6H,2-5,7-8H2,1H3,(H,17,18). The Morgan fingerprint density at radius 2 is 2.16 bits per heavy atom. The highest BCUT2D eigenvalue weighted by Crippen LogP contribution is 2.17. The lowest BCUT2D eigenvalue weighted by Crippen LogP contribution is -2.33. The van der Waals surface area contributed by atoms with Crippen LogP contribution in [0.2, 0.25) is 0 Å². The van der Waals surface area contributed by atoms with Crippen LogP contribution < -0.4 is 10.5 Å². The average Bonchev–Trinajstić information content (AvgIpc) is 2.85. The van der Waals surface area contributed by atoms with Gasteiger partial charge in [-0.2, -0.15) is 0 Å². The van der Waals surface area contributed by atoms with Gasteiger partial charge in [0.25, 0.3) is 5.56 Å². The molecule has 19 heavy (non-hydrogen) atoms. The number of carboxylic acids is 1. The molecule has 7 heteroatoms. The maximum absolute atomic E-state index is 12.0. The van der Waals surface area contributed by atoms with Crippen molar-refractivity contribution in [3.8, 4) is 0 Å². The molecule has 1 aromatic rings. The molecule has 1 aromatic heterocycles. The van der Waals surface area contributed by atoms with Gasteiger partial charge in [-0.15, -0.1) is 0 Å². The van der Waals surface area contributed by atoms with Gasteiger partial charge >= 0.3 is 5.97 Å². The highest BCUT2D eigenvalue weighted by molar-refractivity contribution is 5.67. The lowest BCUT2D eigenvalue weighted by Gasteiger charge is -2.21. The van der Waals surface area contributed by atoms with Crippen molar-refractivity contribution in [3.63, 3.8) is 0 Å². The fourth-order valence-corrected chi connectivity index (χ4v) is 2.20. The van der Waals surface area contributed by atoms with E-state index in [2.05, 4.69) is 4.98 Å². The summed E-state index contributed by atoms with van der Waals surface area (Å²) in [6.45, 7) is 1.46. The molecule has 0 spiro atoms. The maximum Gasteiger partial charge on any atom is 0.323 e. The van der Waals surface area contributed by atoms with Crippen LogP contribution in [0.5, 0.6) is 0 Å². The van der Waals surface area contributed by atoms with Gasteiger partial charge in [-0.05, 0) is 12.8 Å². The van der Waals surface area contributed by atoms with E-state index in [4.69, 9.17) is 9.84 Å². The summed E-state index contributed by atoms with van der Waals surface area (Å²) in [4.78, 5) is 29.2. The van der Waals surface area contributed by atoms with E-state index in [1.165, 1.54) is 17.7 Å². The number of hydrogen-bond acceptors (Lipinski definition) is 5.